The highest BCUT2D eigenvalue weighted by Gasteiger charge is 2.34. The Kier molecular flexibility index (Phi) is 7.24. The van der Waals surface area contributed by atoms with E-state index < -0.39 is 11.9 Å². The summed E-state index contributed by atoms with van der Waals surface area (Å²) in [6, 6.07) is 15.8. The van der Waals surface area contributed by atoms with Gasteiger partial charge in [0.15, 0.2) is 0 Å². The Hall–Kier alpha value is -3.33. The molecule has 1 aromatic heterocycles. The number of fused-ring (bicyclic) bond motifs is 1. The third-order valence-corrected chi connectivity index (χ3v) is 7.43. The molecule has 1 saturated heterocycles. The lowest BCUT2D eigenvalue weighted by atomic mass is 9.90. The maximum absolute atomic E-state index is 13.4. The van der Waals surface area contributed by atoms with Gasteiger partial charge in [0.1, 0.15) is 5.69 Å². The largest absolute Gasteiger partial charge is 0.433 e. The van der Waals surface area contributed by atoms with E-state index in [1.54, 1.807) is 24.3 Å². The van der Waals surface area contributed by atoms with Crippen molar-refractivity contribution in [3.8, 4) is 0 Å². The summed E-state index contributed by atoms with van der Waals surface area (Å²) in [6.45, 7) is 4.01. The number of anilines is 2. The Bertz CT molecular complexity index is 1230. The Labute approximate surface area is 214 Å². The van der Waals surface area contributed by atoms with E-state index in [1.165, 1.54) is 0 Å². The van der Waals surface area contributed by atoms with Gasteiger partial charge in [-0.1, -0.05) is 18.2 Å². The van der Waals surface area contributed by atoms with Crippen molar-refractivity contribution in [1.29, 1.82) is 0 Å². The average molecular weight is 512 g/mol. The summed E-state index contributed by atoms with van der Waals surface area (Å²) in [5, 5.41) is 7.13. The van der Waals surface area contributed by atoms with Crippen LogP contribution in [-0.2, 0) is 6.18 Å². The van der Waals surface area contributed by atoms with Crippen LogP contribution in [0.1, 0.15) is 41.7 Å². The Balaban J connectivity index is 1.17. The molecule has 196 valence electrons. The summed E-state index contributed by atoms with van der Waals surface area (Å²) < 4.78 is 40.2. The van der Waals surface area contributed by atoms with E-state index in [0.717, 1.165) is 63.6 Å². The number of benzene rings is 2. The molecule has 0 unspecified atom stereocenters. The lowest BCUT2D eigenvalue weighted by Gasteiger charge is -2.34. The molecule has 9 heteroatoms. The molecule has 2 aliphatic rings. The molecule has 3 aromatic rings. The number of aromatic nitrogens is 1. The van der Waals surface area contributed by atoms with E-state index in [2.05, 4.69) is 32.5 Å². The number of amides is 1. The van der Waals surface area contributed by atoms with E-state index >= 15 is 0 Å². The van der Waals surface area contributed by atoms with Crippen LogP contribution in [0.3, 0.4) is 0 Å². The average Bonchev–Trinajstić information content (AvgIpc) is 2.90. The molecule has 0 spiro atoms. The van der Waals surface area contributed by atoms with Gasteiger partial charge in [0.2, 0.25) is 0 Å². The Morgan fingerprint density at radius 1 is 0.919 bits per heavy atom. The molecule has 2 fully saturated rings. The molecule has 1 amide bonds. The Morgan fingerprint density at radius 2 is 1.57 bits per heavy atom. The number of hydrogen-bond donors (Lipinski definition) is 2. The topological polar surface area (TPSA) is 60.5 Å². The molecule has 1 saturated carbocycles. The van der Waals surface area contributed by atoms with Crippen molar-refractivity contribution in [2.75, 3.05) is 43.4 Å². The number of halogens is 3. The molecule has 0 atom stereocenters. The zero-order valence-electron chi connectivity index (χ0n) is 20.9. The number of pyridine rings is 1. The summed E-state index contributed by atoms with van der Waals surface area (Å²) in [4.78, 5) is 21.3. The first-order valence-corrected chi connectivity index (χ1v) is 12.8. The molecule has 5 rings (SSSR count). The van der Waals surface area contributed by atoms with Gasteiger partial charge in [-0.2, -0.15) is 13.2 Å². The minimum Gasteiger partial charge on any atom is -0.382 e. The first kappa shape index (κ1) is 25.3. The normalized spacial score (nSPS) is 21.1. The van der Waals surface area contributed by atoms with Gasteiger partial charge in [-0.3, -0.25) is 4.79 Å². The van der Waals surface area contributed by atoms with Crippen LogP contribution in [-0.4, -0.2) is 61.1 Å². The molecule has 6 nitrogen and oxygen atoms in total. The summed E-state index contributed by atoms with van der Waals surface area (Å²) in [6.07, 6.45) is -1.47. The van der Waals surface area contributed by atoms with Crippen LogP contribution in [0.15, 0.2) is 54.6 Å². The molecule has 1 aliphatic heterocycles. The number of piperazine rings is 1. The fraction of sp³-hybridized carbons (Fsp3) is 0.429. The van der Waals surface area contributed by atoms with Gasteiger partial charge in [-0.15, -0.1) is 0 Å². The van der Waals surface area contributed by atoms with Crippen LogP contribution in [0.2, 0.25) is 0 Å². The number of rotatable bonds is 5. The third-order valence-electron chi connectivity index (χ3n) is 7.43. The first-order valence-electron chi connectivity index (χ1n) is 12.8. The number of likely N-dealkylation sites (N-methyl/N-ethyl adjacent to an activating group) is 1. The van der Waals surface area contributed by atoms with E-state index in [-0.39, 0.29) is 18.0 Å². The highest BCUT2D eigenvalue weighted by molar-refractivity contribution is 5.95. The second kappa shape index (κ2) is 10.6. The van der Waals surface area contributed by atoms with Crippen LogP contribution in [0, 0.1) is 0 Å². The van der Waals surface area contributed by atoms with Crippen molar-refractivity contribution >= 4 is 28.2 Å². The number of para-hydroxylation sites is 1. The molecule has 2 N–H and O–H groups in total. The van der Waals surface area contributed by atoms with E-state index in [1.807, 2.05) is 24.3 Å². The number of alkyl halides is 3. The predicted molar refractivity (Wildman–Crippen MR) is 140 cm³/mol. The van der Waals surface area contributed by atoms with Gasteiger partial charge in [-0.25, -0.2) is 4.98 Å². The quantitative estimate of drug-likeness (QED) is 0.496. The van der Waals surface area contributed by atoms with Gasteiger partial charge in [-0.05, 0) is 69.1 Å². The van der Waals surface area contributed by atoms with Crippen molar-refractivity contribution in [1.82, 2.24) is 15.2 Å². The molecule has 37 heavy (non-hydrogen) atoms. The highest BCUT2D eigenvalue weighted by atomic mass is 19.4. The van der Waals surface area contributed by atoms with Crippen molar-refractivity contribution < 1.29 is 18.0 Å². The molecule has 0 bridgehead atoms. The van der Waals surface area contributed by atoms with Crippen molar-refractivity contribution in [2.24, 2.45) is 0 Å². The van der Waals surface area contributed by atoms with Gasteiger partial charge in [0.05, 0.1) is 5.52 Å². The number of hydrogen-bond acceptors (Lipinski definition) is 5. The maximum atomic E-state index is 13.4. The van der Waals surface area contributed by atoms with Crippen LogP contribution in [0.4, 0.5) is 24.5 Å². The number of nitrogens with zero attached hydrogens (tertiary/aromatic N) is 3. The van der Waals surface area contributed by atoms with Gasteiger partial charge in [0.25, 0.3) is 5.91 Å². The minimum absolute atomic E-state index is 0.0305. The van der Waals surface area contributed by atoms with E-state index in [0.29, 0.717) is 22.2 Å². The van der Waals surface area contributed by atoms with E-state index in [9.17, 15) is 18.0 Å². The van der Waals surface area contributed by atoms with Crippen LogP contribution >= 0.6 is 0 Å². The summed E-state index contributed by atoms with van der Waals surface area (Å²) in [5.74, 6) is -0.0868. The lowest BCUT2D eigenvalue weighted by Crippen LogP contribution is -2.44. The maximum Gasteiger partial charge on any atom is 0.433 e. The number of nitrogens with one attached hydrogen (secondary N) is 2. The predicted octanol–water partition coefficient (Wildman–Crippen LogP) is 5.16. The molecule has 0 radical (unpaired) electrons. The fourth-order valence-corrected chi connectivity index (χ4v) is 5.20. The minimum atomic E-state index is -4.51. The summed E-state index contributed by atoms with van der Waals surface area (Å²) >= 11 is 0. The molecular weight excluding hydrogens is 479 g/mol. The van der Waals surface area contributed by atoms with Gasteiger partial charge in [0, 0.05) is 60.6 Å². The SMILES string of the molecule is CN1CCN(c2ccc(C(=O)N[C@H]3CC[C@@H](Nc4cc(C(F)(F)F)nc5ccccc45)CC3)cc2)CC1. The second-order valence-electron chi connectivity index (χ2n) is 10.1. The number of carbonyl (C=O) groups excluding carboxylic acids is 1. The molecule has 1 aliphatic carbocycles. The van der Waals surface area contributed by atoms with Crippen molar-refractivity contribution in [2.45, 2.75) is 43.9 Å². The van der Waals surface area contributed by atoms with Crippen molar-refractivity contribution in [3.05, 3.63) is 65.9 Å². The second-order valence-corrected chi connectivity index (χ2v) is 10.1. The standard InChI is InChI=1S/C28H32F3N5O/c1-35-14-16-36(17-15-35)22-12-6-19(7-13-22)27(37)33-21-10-8-20(9-11-21)32-25-18-26(28(29,30)31)34-24-5-3-2-4-23(24)25/h2-7,12-13,18,20-21H,8-11,14-17H2,1H3,(H,32,34)(H,33,37)/t20-,21+. The molecule has 2 heterocycles. The number of carbonyl (C=O) groups is 1. The smallest absolute Gasteiger partial charge is 0.382 e. The van der Waals surface area contributed by atoms with E-state index in [4.69, 9.17) is 0 Å². The fourth-order valence-electron chi connectivity index (χ4n) is 5.20. The first-order chi connectivity index (χ1) is 17.8. The Morgan fingerprint density at radius 3 is 2.24 bits per heavy atom. The van der Waals surface area contributed by atoms with Crippen LogP contribution in [0.25, 0.3) is 10.9 Å². The van der Waals surface area contributed by atoms with Gasteiger partial charge < -0.3 is 20.4 Å². The zero-order valence-corrected chi connectivity index (χ0v) is 20.9. The summed E-state index contributed by atoms with van der Waals surface area (Å²) in [5.41, 5.74) is 1.65. The van der Waals surface area contributed by atoms with Gasteiger partial charge >= 0.3 is 6.18 Å². The molecular formula is C28H32F3N5O. The summed E-state index contributed by atoms with van der Waals surface area (Å²) in [7, 11) is 2.12. The lowest BCUT2D eigenvalue weighted by molar-refractivity contribution is -0.140. The monoisotopic (exact) mass is 511 g/mol. The van der Waals surface area contributed by atoms with Crippen molar-refractivity contribution in [3.63, 3.8) is 0 Å². The van der Waals surface area contributed by atoms with Crippen LogP contribution in [0.5, 0.6) is 0 Å². The highest BCUT2D eigenvalue weighted by Crippen LogP contribution is 2.34. The third kappa shape index (κ3) is 5.98. The zero-order chi connectivity index (χ0) is 26.0. The van der Waals surface area contributed by atoms with Crippen LogP contribution < -0.4 is 15.5 Å². The molecule has 2 aromatic carbocycles.